The van der Waals surface area contributed by atoms with E-state index in [0.717, 1.165) is 9.80 Å². The van der Waals surface area contributed by atoms with Crippen LogP contribution in [0, 0.1) is 13.8 Å². The molecule has 0 aliphatic rings. The molecule has 0 fully saturated rings. The molecule has 15 nitrogen and oxygen atoms in total. The van der Waals surface area contributed by atoms with Crippen LogP contribution in [0.4, 0.5) is 47.3 Å². The number of imidazole rings is 2. The Bertz CT molecular complexity index is 3330. The number of fused-ring (bicyclic) bond motifs is 2. The summed E-state index contributed by atoms with van der Waals surface area (Å²) < 4.78 is 110. The minimum Gasteiger partial charge on any atom is -0.465 e. The highest BCUT2D eigenvalue weighted by molar-refractivity contribution is 9.10. The molecule has 0 atom stereocenters. The first-order valence-electron chi connectivity index (χ1n) is 23.5. The van der Waals surface area contributed by atoms with Gasteiger partial charge in [0.15, 0.2) is 11.3 Å². The molecule has 77 heavy (non-hydrogen) atoms. The number of esters is 2. The number of ether oxygens (including phenoxy) is 5. The Labute approximate surface area is 452 Å². The van der Waals surface area contributed by atoms with Crippen molar-refractivity contribution in [3.8, 4) is 34.0 Å². The second-order valence-corrected chi connectivity index (χ2v) is 20.7. The number of carbonyl (C=O) groups is 4. The summed E-state index contributed by atoms with van der Waals surface area (Å²) in [4.78, 5) is 61.0. The van der Waals surface area contributed by atoms with Crippen LogP contribution in [-0.4, -0.2) is 93.8 Å². The highest BCUT2D eigenvalue weighted by Crippen LogP contribution is 2.37. The van der Waals surface area contributed by atoms with Gasteiger partial charge in [0, 0.05) is 46.0 Å². The third kappa shape index (κ3) is 15.4. The molecule has 410 valence electrons. The number of hydrogen-bond acceptors (Lipinski definition) is 11. The van der Waals surface area contributed by atoms with Gasteiger partial charge in [-0.2, -0.15) is 26.3 Å². The Hall–Kier alpha value is -7.33. The van der Waals surface area contributed by atoms with Gasteiger partial charge in [-0.25, -0.2) is 29.1 Å². The summed E-state index contributed by atoms with van der Waals surface area (Å²) in [5, 5.41) is 0.416. The van der Waals surface area contributed by atoms with Crippen LogP contribution in [0.3, 0.4) is 0 Å². The molecule has 0 aliphatic heterocycles. The Balaban J connectivity index is 0.000000254. The van der Waals surface area contributed by atoms with Gasteiger partial charge in [-0.05, 0) is 131 Å². The largest absolute Gasteiger partial charge is 0.465 e. The van der Waals surface area contributed by atoms with E-state index in [1.807, 2.05) is 0 Å². The van der Waals surface area contributed by atoms with Gasteiger partial charge < -0.3 is 23.7 Å². The molecule has 7 aromatic rings. The minimum atomic E-state index is -4.54. The molecular weight excluding hydrogens is 1110 g/mol. The summed E-state index contributed by atoms with van der Waals surface area (Å²) in [7, 11) is 2.59. The Kier molecular flexibility index (Phi) is 18.0. The lowest BCUT2D eigenvalue weighted by molar-refractivity contribution is -0.133. The van der Waals surface area contributed by atoms with E-state index in [9.17, 15) is 45.5 Å². The first-order valence-corrected chi connectivity index (χ1v) is 24.7. The lowest BCUT2D eigenvalue weighted by Gasteiger charge is -2.28. The summed E-state index contributed by atoms with van der Waals surface area (Å²) >= 11 is 9.51. The van der Waals surface area contributed by atoms with Crippen LogP contribution in [-0.2, 0) is 18.9 Å². The molecule has 0 spiro atoms. The summed E-state index contributed by atoms with van der Waals surface area (Å²) in [5.41, 5.74) is 3.40. The third-order valence-corrected chi connectivity index (χ3v) is 11.7. The number of aryl methyl sites for hydroxylation is 2. The van der Waals surface area contributed by atoms with Gasteiger partial charge >= 0.3 is 36.5 Å². The lowest BCUT2D eigenvalue weighted by atomic mass is 10.0. The van der Waals surface area contributed by atoms with E-state index < -0.39 is 73.6 Å². The topological polar surface area (TPSA) is 156 Å². The molecule has 4 aromatic heterocycles. The fourth-order valence-corrected chi connectivity index (χ4v) is 8.29. The molecule has 0 unspecified atom stereocenters. The molecular formula is C54H54BrClF6N6O9. The van der Waals surface area contributed by atoms with Crippen molar-refractivity contribution in [1.29, 1.82) is 0 Å². The van der Waals surface area contributed by atoms with Gasteiger partial charge in [0.2, 0.25) is 0 Å². The minimum absolute atomic E-state index is 0.0437. The van der Waals surface area contributed by atoms with Crippen LogP contribution in [0.15, 0.2) is 102 Å². The number of hydrogen-bond donors (Lipinski definition) is 0. The van der Waals surface area contributed by atoms with E-state index in [1.54, 1.807) is 143 Å². The van der Waals surface area contributed by atoms with Crippen molar-refractivity contribution < 1.29 is 69.2 Å². The number of alkyl halides is 6. The van der Waals surface area contributed by atoms with Crippen molar-refractivity contribution in [2.45, 2.75) is 91.8 Å². The van der Waals surface area contributed by atoms with Crippen LogP contribution in [0.5, 0.6) is 11.5 Å². The van der Waals surface area contributed by atoms with Crippen molar-refractivity contribution in [3.63, 3.8) is 0 Å². The average molecular weight is 1160 g/mol. The van der Waals surface area contributed by atoms with Gasteiger partial charge in [-0.15, -0.1) is 0 Å². The number of anilines is 2. The standard InChI is InChI=1S/C30H29ClF3N3O5.C24H25BrF3N3O4/c1-18-13-19(9-10-23(18)27(38)40-5)25-16-35-26-24(36(12-11-30(32,33)34)28(39)42-29(2,3)4)15-22(17-37(25)26)41-21-8-6-7-20(31)14-21;1-14-10-15(6-7-17(14)21(32)34-5)19-12-29-20-18(11-16(25)13-31(19)20)30(9-8-24(26,27)28)22(33)35-23(2,3)4/h6-10,13-17H,11-12H2,1-5H3;6-7,10-13H,8-9H2,1-5H3. The fraction of sp³-hybridized carbons (Fsp3) is 0.333. The van der Waals surface area contributed by atoms with E-state index in [-0.39, 0.29) is 28.4 Å². The zero-order valence-electron chi connectivity index (χ0n) is 43.4. The predicted molar refractivity (Wildman–Crippen MR) is 281 cm³/mol. The molecule has 0 N–H and O–H groups in total. The molecule has 0 radical (unpaired) electrons. The molecule has 0 aliphatic carbocycles. The highest BCUT2D eigenvalue weighted by Gasteiger charge is 2.35. The number of benzene rings is 3. The zero-order valence-corrected chi connectivity index (χ0v) is 45.8. The number of rotatable bonds is 12. The molecule has 0 saturated heterocycles. The maximum atomic E-state index is 13.4. The lowest BCUT2D eigenvalue weighted by Crippen LogP contribution is -2.39. The first-order chi connectivity index (χ1) is 35.8. The molecule has 23 heteroatoms. The maximum absolute atomic E-state index is 13.4. The Morgan fingerprint density at radius 1 is 0.610 bits per heavy atom. The van der Waals surface area contributed by atoms with Gasteiger partial charge in [-0.3, -0.25) is 18.6 Å². The Morgan fingerprint density at radius 2 is 1.05 bits per heavy atom. The van der Waals surface area contributed by atoms with Gasteiger partial charge in [0.1, 0.15) is 22.7 Å². The summed E-state index contributed by atoms with van der Waals surface area (Å²) in [6, 6.07) is 19.7. The van der Waals surface area contributed by atoms with Crippen LogP contribution in [0.25, 0.3) is 33.8 Å². The number of aromatic nitrogens is 4. The Morgan fingerprint density at radius 3 is 1.45 bits per heavy atom. The number of methoxy groups -OCH3 is 2. The number of nitrogens with zero attached hydrogens (tertiary/aromatic N) is 6. The molecule has 2 amide bonds. The van der Waals surface area contributed by atoms with E-state index in [4.69, 9.17) is 35.3 Å². The molecule has 0 saturated carbocycles. The summed E-state index contributed by atoms with van der Waals surface area (Å²) in [6.07, 6.45) is -7.02. The number of pyridine rings is 2. The van der Waals surface area contributed by atoms with Crippen LogP contribution in [0.1, 0.15) is 86.2 Å². The number of halogens is 8. The van der Waals surface area contributed by atoms with E-state index in [0.29, 0.717) is 60.0 Å². The van der Waals surface area contributed by atoms with Crippen molar-refractivity contribution in [2.75, 3.05) is 37.1 Å². The summed E-state index contributed by atoms with van der Waals surface area (Å²) in [5.74, 6) is -0.390. The first kappa shape index (κ1) is 58.9. The smallest absolute Gasteiger partial charge is 0.414 e. The highest BCUT2D eigenvalue weighted by atomic mass is 79.9. The predicted octanol–water partition coefficient (Wildman–Crippen LogP) is 14.8. The van der Waals surface area contributed by atoms with Gasteiger partial charge in [0.25, 0.3) is 0 Å². The second-order valence-electron chi connectivity index (χ2n) is 19.4. The molecule has 7 rings (SSSR count). The van der Waals surface area contributed by atoms with E-state index in [1.165, 1.54) is 32.5 Å². The van der Waals surface area contributed by atoms with Crippen LogP contribution in [0.2, 0.25) is 5.02 Å². The van der Waals surface area contributed by atoms with Crippen LogP contribution >= 0.6 is 27.5 Å². The average Bonchev–Trinajstić information content (AvgIpc) is 3.95. The van der Waals surface area contributed by atoms with Gasteiger partial charge in [0.05, 0.1) is 79.5 Å². The number of carbonyl (C=O) groups excluding carboxylic acids is 4. The monoisotopic (exact) mass is 1160 g/mol. The normalized spacial score (nSPS) is 11.9. The zero-order chi connectivity index (χ0) is 56.9. The van der Waals surface area contributed by atoms with E-state index >= 15 is 0 Å². The third-order valence-electron chi connectivity index (χ3n) is 11.0. The quantitative estimate of drug-likeness (QED) is 0.0652. The maximum Gasteiger partial charge on any atom is 0.414 e. The van der Waals surface area contributed by atoms with Crippen molar-refractivity contribution in [3.05, 3.63) is 129 Å². The van der Waals surface area contributed by atoms with Crippen molar-refractivity contribution >= 4 is 74.3 Å². The molecule has 0 bridgehead atoms. The van der Waals surface area contributed by atoms with E-state index in [2.05, 4.69) is 25.9 Å². The van der Waals surface area contributed by atoms with Crippen molar-refractivity contribution in [1.82, 2.24) is 18.8 Å². The van der Waals surface area contributed by atoms with Crippen LogP contribution < -0.4 is 14.5 Å². The van der Waals surface area contributed by atoms with Gasteiger partial charge in [-0.1, -0.05) is 29.8 Å². The summed E-state index contributed by atoms with van der Waals surface area (Å²) in [6.45, 7) is 11.9. The SMILES string of the molecule is COC(=O)c1ccc(-c2cnc3c(N(CCC(F)(F)F)C(=O)OC(C)(C)C)cc(Br)cn23)cc1C.COC(=O)c1ccc(-c2cnc3c(N(CCC(F)(F)F)C(=O)OC(C)(C)C)cc(Oc4cccc(Cl)c4)cn23)cc1C. The second kappa shape index (κ2) is 23.5. The molecule has 4 heterocycles. The number of amides is 2. The fourth-order valence-electron chi connectivity index (χ4n) is 7.68. The van der Waals surface area contributed by atoms with Crippen molar-refractivity contribution in [2.24, 2.45) is 0 Å². The molecule has 3 aromatic carbocycles.